The van der Waals surface area contributed by atoms with Crippen LogP contribution in [0.25, 0.3) is 5.52 Å². The third-order valence-corrected chi connectivity index (χ3v) is 2.93. The average Bonchev–Trinajstić information content (AvgIpc) is 2.78. The predicted octanol–water partition coefficient (Wildman–Crippen LogP) is 0.771. The van der Waals surface area contributed by atoms with Crippen molar-refractivity contribution < 1.29 is 0 Å². The summed E-state index contributed by atoms with van der Waals surface area (Å²) in [7, 11) is 2.13. The van der Waals surface area contributed by atoms with Crippen LogP contribution in [0.15, 0.2) is 24.8 Å². The Morgan fingerprint density at radius 3 is 3.12 bits per heavy atom. The Morgan fingerprint density at radius 2 is 2.29 bits per heavy atom. The van der Waals surface area contributed by atoms with Crippen LogP contribution in [0.5, 0.6) is 0 Å². The summed E-state index contributed by atoms with van der Waals surface area (Å²) in [5.74, 6) is 0. The van der Waals surface area contributed by atoms with Gasteiger partial charge in [-0.15, -0.1) is 0 Å². The van der Waals surface area contributed by atoms with E-state index in [-0.39, 0.29) is 0 Å². The Kier molecular flexibility index (Phi) is 4.06. The molecule has 0 unspecified atom stereocenters. The van der Waals surface area contributed by atoms with Gasteiger partial charge >= 0.3 is 0 Å². The summed E-state index contributed by atoms with van der Waals surface area (Å²) in [6.07, 6.45) is 7.35. The van der Waals surface area contributed by atoms with E-state index in [2.05, 4.69) is 34.3 Å². The van der Waals surface area contributed by atoms with Crippen LogP contribution < -0.4 is 5.32 Å². The lowest BCUT2D eigenvalue weighted by Crippen LogP contribution is -2.28. The summed E-state index contributed by atoms with van der Waals surface area (Å²) in [4.78, 5) is 6.40. The van der Waals surface area contributed by atoms with Gasteiger partial charge in [0.25, 0.3) is 0 Å². The minimum atomic E-state index is 0.840. The van der Waals surface area contributed by atoms with Crippen LogP contribution in [0.2, 0.25) is 0 Å². The highest BCUT2D eigenvalue weighted by molar-refractivity contribution is 5.51. The summed E-state index contributed by atoms with van der Waals surface area (Å²) in [5, 5.41) is 7.70. The maximum absolute atomic E-state index is 4.27. The van der Waals surface area contributed by atoms with Gasteiger partial charge in [0, 0.05) is 37.6 Å². The molecular formula is C12H19N5. The third-order valence-electron chi connectivity index (χ3n) is 2.93. The maximum Gasteiger partial charge on any atom is 0.0889 e. The Labute approximate surface area is 101 Å². The first-order valence-electron chi connectivity index (χ1n) is 5.96. The van der Waals surface area contributed by atoms with Crippen LogP contribution in [-0.2, 0) is 6.54 Å². The van der Waals surface area contributed by atoms with Gasteiger partial charge in [-0.3, -0.25) is 4.98 Å². The molecule has 0 aliphatic rings. The zero-order valence-corrected chi connectivity index (χ0v) is 10.4. The Morgan fingerprint density at radius 1 is 1.41 bits per heavy atom. The summed E-state index contributed by atoms with van der Waals surface area (Å²) >= 11 is 0. The predicted molar refractivity (Wildman–Crippen MR) is 67.9 cm³/mol. The molecular weight excluding hydrogens is 214 g/mol. The standard InChI is InChI=1S/C12H19N5/c1-3-16(2)6-4-13-8-11-9-15-17-7-5-14-10-12(11)17/h5,7,9-10,13H,3-4,6,8H2,1-2H3. The summed E-state index contributed by atoms with van der Waals surface area (Å²) < 4.78 is 1.85. The SMILES string of the molecule is CCN(C)CCNCc1cnn2ccncc12. The van der Waals surface area contributed by atoms with Crippen molar-refractivity contribution in [2.24, 2.45) is 0 Å². The fraction of sp³-hybridized carbons (Fsp3) is 0.500. The number of hydrogen-bond acceptors (Lipinski definition) is 4. The van der Waals surface area contributed by atoms with Crippen LogP contribution in [0, 0.1) is 0 Å². The highest BCUT2D eigenvalue weighted by atomic mass is 15.2. The van der Waals surface area contributed by atoms with Gasteiger partial charge in [-0.05, 0) is 13.6 Å². The van der Waals surface area contributed by atoms with Crippen LogP contribution in [0.1, 0.15) is 12.5 Å². The van der Waals surface area contributed by atoms with Gasteiger partial charge < -0.3 is 10.2 Å². The highest BCUT2D eigenvalue weighted by Crippen LogP contribution is 2.07. The molecule has 0 radical (unpaired) electrons. The number of aromatic nitrogens is 3. The molecule has 0 bridgehead atoms. The van der Waals surface area contributed by atoms with Crippen molar-refractivity contribution in [2.45, 2.75) is 13.5 Å². The van der Waals surface area contributed by atoms with Crippen molar-refractivity contribution in [3.63, 3.8) is 0 Å². The van der Waals surface area contributed by atoms with E-state index in [1.165, 1.54) is 5.56 Å². The van der Waals surface area contributed by atoms with Crippen LogP contribution in [0.4, 0.5) is 0 Å². The molecule has 0 fully saturated rings. The van der Waals surface area contributed by atoms with Crippen molar-refractivity contribution in [2.75, 3.05) is 26.7 Å². The molecule has 0 aliphatic heterocycles. The maximum atomic E-state index is 4.27. The van der Waals surface area contributed by atoms with Crippen molar-refractivity contribution >= 4 is 5.52 Å². The minimum Gasteiger partial charge on any atom is -0.311 e. The first-order chi connectivity index (χ1) is 8.31. The molecule has 0 aliphatic carbocycles. The number of hydrogen-bond donors (Lipinski definition) is 1. The van der Waals surface area contributed by atoms with E-state index in [0.717, 1.165) is 31.7 Å². The summed E-state index contributed by atoms with van der Waals surface area (Å²) in [6, 6.07) is 0. The van der Waals surface area contributed by atoms with E-state index in [4.69, 9.17) is 0 Å². The zero-order chi connectivity index (χ0) is 12.1. The van der Waals surface area contributed by atoms with Crippen LogP contribution >= 0.6 is 0 Å². The Hall–Kier alpha value is -1.46. The minimum absolute atomic E-state index is 0.840. The van der Waals surface area contributed by atoms with Crippen molar-refractivity contribution in [1.29, 1.82) is 0 Å². The molecule has 0 saturated carbocycles. The van der Waals surface area contributed by atoms with Gasteiger partial charge in [-0.2, -0.15) is 5.10 Å². The fourth-order valence-electron chi connectivity index (χ4n) is 1.67. The van der Waals surface area contributed by atoms with Crippen molar-refractivity contribution in [1.82, 2.24) is 24.8 Å². The molecule has 1 N–H and O–H groups in total. The van der Waals surface area contributed by atoms with Crippen molar-refractivity contribution in [3.8, 4) is 0 Å². The largest absolute Gasteiger partial charge is 0.311 e. The van der Waals surface area contributed by atoms with E-state index in [0.29, 0.717) is 0 Å². The lowest BCUT2D eigenvalue weighted by molar-refractivity contribution is 0.349. The molecule has 0 saturated heterocycles. The average molecular weight is 233 g/mol. The van der Waals surface area contributed by atoms with Crippen LogP contribution in [-0.4, -0.2) is 46.2 Å². The molecule has 2 heterocycles. The number of likely N-dealkylation sites (N-methyl/N-ethyl adjacent to an activating group) is 1. The molecule has 5 heteroatoms. The second-order valence-corrected chi connectivity index (χ2v) is 4.15. The number of nitrogens with one attached hydrogen (secondary N) is 1. The number of nitrogens with zero attached hydrogens (tertiary/aromatic N) is 4. The van der Waals surface area contributed by atoms with Crippen LogP contribution in [0.3, 0.4) is 0 Å². The smallest absolute Gasteiger partial charge is 0.0889 e. The van der Waals surface area contributed by atoms with Gasteiger partial charge in [0.2, 0.25) is 0 Å². The lowest BCUT2D eigenvalue weighted by Gasteiger charge is -2.13. The number of rotatable bonds is 6. The topological polar surface area (TPSA) is 45.5 Å². The molecule has 5 nitrogen and oxygen atoms in total. The molecule has 0 amide bonds. The zero-order valence-electron chi connectivity index (χ0n) is 10.4. The van der Waals surface area contributed by atoms with E-state index in [1.807, 2.05) is 23.1 Å². The molecule has 0 aromatic carbocycles. The Bertz CT molecular complexity index is 465. The van der Waals surface area contributed by atoms with Gasteiger partial charge in [-0.1, -0.05) is 6.92 Å². The lowest BCUT2D eigenvalue weighted by atomic mass is 10.3. The second kappa shape index (κ2) is 5.75. The second-order valence-electron chi connectivity index (χ2n) is 4.15. The molecule has 2 aromatic heterocycles. The van der Waals surface area contributed by atoms with Gasteiger partial charge in [0.1, 0.15) is 0 Å². The normalized spacial score (nSPS) is 11.5. The first kappa shape index (κ1) is 12.0. The first-order valence-corrected chi connectivity index (χ1v) is 5.96. The molecule has 17 heavy (non-hydrogen) atoms. The molecule has 0 spiro atoms. The monoisotopic (exact) mass is 233 g/mol. The van der Waals surface area contributed by atoms with E-state index >= 15 is 0 Å². The molecule has 92 valence electrons. The number of fused-ring (bicyclic) bond motifs is 1. The fourth-order valence-corrected chi connectivity index (χ4v) is 1.67. The van der Waals surface area contributed by atoms with E-state index in [9.17, 15) is 0 Å². The molecule has 0 atom stereocenters. The summed E-state index contributed by atoms with van der Waals surface area (Å²) in [5.41, 5.74) is 2.26. The molecule has 2 rings (SSSR count). The third kappa shape index (κ3) is 3.01. The van der Waals surface area contributed by atoms with E-state index in [1.54, 1.807) is 6.20 Å². The van der Waals surface area contributed by atoms with Gasteiger partial charge in [0.05, 0.1) is 17.9 Å². The Balaban J connectivity index is 1.87. The van der Waals surface area contributed by atoms with Gasteiger partial charge in [0.15, 0.2) is 0 Å². The van der Waals surface area contributed by atoms with Gasteiger partial charge in [-0.25, -0.2) is 4.52 Å². The summed E-state index contributed by atoms with van der Waals surface area (Å²) in [6.45, 7) is 6.14. The highest BCUT2D eigenvalue weighted by Gasteiger charge is 2.02. The quantitative estimate of drug-likeness (QED) is 0.749. The molecule has 2 aromatic rings. The van der Waals surface area contributed by atoms with E-state index < -0.39 is 0 Å². The van der Waals surface area contributed by atoms with Crippen molar-refractivity contribution in [3.05, 3.63) is 30.4 Å².